The quantitative estimate of drug-likeness (QED) is 0.440. The maximum absolute atomic E-state index is 12.9. The first-order valence-electron chi connectivity index (χ1n) is 11.0. The normalized spacial score (nSPS) is 15.0. The number of nitrogens with zero attached hydrogens (tertiary/aromatic N) is 1. The highest BCUT2D eigenvalue weighted by molar-refractivity contribution is 7.89. The van der Waals surface area contributed by atoms with E-state index in [4.69, 9.17) is 4.74 Å². The molecule has 3 aromatic carbocycles. The zero-order valence-electron chi connectivity index (χ0n) is 18.1. The van der Waals surface area contributed by atoms with E-state index in [2.05, 4.69) is 16.4 Å². The van der Waals surface area contributed by atoms with Crippen LogP contribution in [0.5, 0.6) is 5.75 Å². The fourth-order valence-corrected chi connectivity index (χ4v) is 5.82. The van der Waals surface area contributed by atoms with Gasteiger partial charge in [-0.05, 0) is 49.2 Å². The lowest BCUT2D eigenvalue weighted by Crippen LogP contribution is -2.35. The number of ether oxygens (including phenoxy) is 1. The van der Waals surface area contributed by atoms with E-state index in [0.29, 0.717) is 24.5 Å². The van der Waals surface area contributed by atoms with Crippen LogP contribution in [-0.2, 0) is 14.8 Å². The number of amides is 1. The minimum Gasteiger partial charge on any atom is -0.484 e. The van der Waals surface area contributed by atoms with Gasteiger partial charge in [0.05, 0.1) is 10.4 Å². The Morgan fingerprint density at radius 2 is 1.70 bits per heavy atom. The number of para-hydroxylation sites is 1. The number of fused-ring (bicyclic) bond motifs is 3. The lowest BCUT2D eigenvalue weighted by Gasteiger charge is -2.26. The number of nitrogens with one attached hydrogen (secondary N) is 2. The van der Waals surface area contributed by atoms with Crippen LogP contribution < -0.4 is 10.1 Å². The number of sulfonamides is 1. The molecule has 4 aromatic rings. The molecule has 0 saturated carbocycles. The first kappa shape index (κ1) is 21.5. The fraction of sp³-hybridized carbons (Fsp3) is 0.240. The van der Waals surface area contributed by atoms with Crippen molar-refractivity contribution in [2.24, 2.45) is 0 Å². The molecule has 0 bridgehead atoms. The van der Waals surface area contributed by atoms with Gasteiger partial charge in [0.15, 0.2) is 6.61 Å². The number of anilines is 1. The average molecular weight is 464 g/mol. The fourth-order valence-electron chi connectivity index (χ4n) is 4.26. The van der Waals surface area contributed by atoms with E-state index < -0.39 is 10.0 Å². The minimum atomic E-state index is -3.56. The summed E-state index contributed by atoms with van der Waals surface area (Å²) in [5.41, 5.74) is 2.40. The molecule has 0 spiro atoms. The third-order valence-electron chi connectivity index (χ3n) is 5.92. The molecular weight excluding hydrogens is 438 g/mol. The molecule has 0 radical (unpaired) electrons. The van der Waals surface area contributed by atoms with Crippen molar-refractivity contribution in [1.29, 1.82) is 0 Å². The number of carbonyl (C=O) groups excluding carboxylic acids is 1. The largest absolute Gasteiger partial charge is 0.484 e. The highest BCUT2D eigenvalue weighted by Gasteiger charge is 2.26. The van der Waals surface area contributed by atoms with E-state index in [1.165, 1.54) is 10.4 Å². The predicted octanol–water partition coefficient (Wildman–Crippen LogP) is 4.51. The number of rotatable bonds is 6. The van der Waals surface area contributed by atoms with E-state index in [1.807, 2.05) is 36.4 Å². The Morgan fingerprint density at radius 3 is 2.55 bits per heavy atom. The molecule has 0 unspecified atom stereocenters. The summed E-state index contributed by atoms with van der Waals surface area (Å²) in [5.74, 6) is 0.213. The maximum Gasteiger partial charge on any atom is 0.262 e. The number of hydrogen-bond donors (Lipinski definition) is 2. The van der Waals surface area contributed by atoms with Gasteiger partial charge in [-0.25, -0.2) is 8.42 Å². The van der Waals surface area contributed by atoms with Crippen molar-refractivity contribution in [3.63, 3.8) is 0 Å². The van der Waals surface area contributed by atoms with E-state index >= 15 is 0 Å². The Bertz CT molecular complexity index is 1420. The second kappa shape index (κ2) is 8.88. The van der Waals surface area contributed by atoms with Gasteiger partial charge in [0.2, 0.25) is 10.0 Å². The summed E-state index contributed by atoms with van der Waals surface area (Å²) in [7, 11) is -3.56. The Morgan fingerprint density at radius 1 is 0.909 bits per heavy atom. The van der Waals surface area contributed by atoms with Crippen molar-refractivity contribution in [1.82, 2.24) is 9.29 Å². The lowest BCUT2D eigenvalue weighted by atomic mass is 10.1. The molecule has 1 fully saturated rings. The summed E-state index contributed by atoms with van der Waals surface area (Å²) < 4.78 is 33.0. The van der Waals surface area contributed by atoms with Crippen molar-refractivity contribution in [2.75, 3.05) is 25.0 Å². The van der Waals surface area contributed by atoms with Gasteiger partial charge in [-0.15, -0.1) is 0 Å². The number of aromatic nitrogens is 1. The van der Waals surface area contributed by atoms with E-state index in [1.54, 1.807) is 18.2 Å². The zero-order chi connectivity index (χ0) is 22.8. The molecule has 1 aromatic heterocycles. The van der Waals surface area contributed by atoms with Crippen LogP contribution in [0.25, 0.3) is 21.8 Å². The summed E-state index contributed by atoms with van der Waals surface area (Å²) in [6.45, 7) is 0.885. The van der Waals surface area contributed by atoms with Crippen LogP contribution in [0, 0.1) is 0 Å². The highest BCUT2D eigenvalue weighted by Crippen LogP contribution is 2.28. The monoisotopic (exact) mass is 463 g/mol. The molecule has 2 heterocycles. The first-order valence-corrected chi connectivity index (χ1v) is 12.5. The molecule has 7 nitrogen and oxygen atoms in total. The predicted molar refractivity (Wildman–Crippen MR) is 129 cm³/mol. The number of aromatic amines is 1. The third-order valence-corrected chi connectivity index (χ3v) is 7.81. The van der Waals surface area contributed by atoms with Gasteiger partial charge in [0.25, 0.3) is 5.91 Å². The lowest BCUT2D eigenvalue weighted by molar-refractivity contribution is -0.118. The molecule has 1 saturated heterocycles. The van der Waals surface area contributed by atoms with Crippen LogP contribution in [0.3, 0.4) is 0 Å². The van der Waals surface area contributed by atoms with Crippen LogP contribution >= 0.6 is 0 Å². The second-order valence-corrected chi connectivity index (χ2v) is 10.1. The molecule has 1 aliphatic heterocycles. The number of benzene rings is 3. The van der Waals surface area contributed by atoms with Gasteiger partial charge >= 0.3 is 0 Å². The van der Waals surface area contributed by atoms with Crippen LogP contribution in [-0.4, -0.2) is 43.3 Å². The summed E-state index contributed by atoms with van der Waals surface area (Å²) in [4.78, 5) is 16.0. The molecule has 0 atom stereocenters. The molecule has 1 aliphatic rings. The van der Waals surface area contributed by atoms with Crippen molar-refractivity contribution in [3.05, 3.63) is 66.7 Å². The Hall–Kier alpha value is -3.36. The zero-order valence-corrected chi connectivity index (χ0v) is 18.9. The standard InChI is InChI=1S/C25H25N3O4S/c29-25(17-32-19-11-12-22-21-9-2-3-10-23(21)27-24(22)16-19)26-18-7-6-8-20(15-18)33(30,31)28-13-4-1-5-14-28/h2-3,6-12,15-16,27H,1,4-5,13-14,17H2,(H,26,29). The molecular formula is C25H25N3O4S. The molecule has 170 valence electrons. The first-order chi connectivity index (χ1) is 16.0. The van der Waals surface area contributed by atoms with Crippen LogP contribution in [0.2, 0.25) is 0 Å². The van der Waals surface area contributed by atoms with Gasteiger partial charge in [0.1, 0.15) is 5.75 Å². The van der Waals surface area contributed by atoms with Gasteiger partial charge in [-0.3, -0.25) is 4.79 Å². The number of hydrogen-bond acceptors (Lipinski definition) is 4. The van der Waals surface area contributed by atoms with Gasteiger partial charge in [-0.1, -0.05) is 30.7 Å². The van der Waals surface area contributed by atoms with Gasteiger partial charge < -0.3 is 15.0 Å². The molecule has 0 aliphatic carbocycles. The summed E-state index contributed by atoms with van der Waals surface area (Å²) >= 11 is 0. The highest BCUT2D eigenvalue weighted by atomic mass is 32.2. The van der Waals surface area contributed by atoms with Crippen molar-refractivity contribution in [3.8, 4) is 5.75 Å². The number of carbonyl (C=O) groups is 1. The maximum atomic E-state index is 12.9. The smallest absolute Gasteiger partial charge is 0.262 e. The van der Waals surface area contributed by atoms with Crippen LogP contribution in [0.15, 0.2) is 71.6 Å². The van der Waals surface area contributed by atoms with Crippen LogP contribution in [0.4, 0.5) is 5.69 Å². The Labute approximate surface area is 192 Å². The summed E-state index contributed by atoms with van der Waals surface area (Å²) in [6.07, 6.45) is 2.80. The summed E-state index contributed by atoms with van der Waals surface area (Å²) in [5, 5.41) is 4.96. The van der Waals surface area contributed by atoms with Crippen molar-refractivity contribution < 1.29 is 17.9 Å². The molecule has 5 rings (SSSR count). The van der Waals surface area contributed by atoms with Crippen LogP contribution in [0.1, 0.15) is 19.3 Å². The average Bonchev–Trinajstić information content (AvgIpc) is 3.21. The molecule has 2 N–H and O–H groups in total. The SMILES string of the molecule is O=C(COc1ccc2c(c1)[nH]c1ccccc12)Nc1cccc(S(=O)(=O)N2CCCCC2)c1. The topological polar surface area (TPSA) is 91.5 Å². The van der Waals surface area contributed by atoms with E-state index in [0.717, 1.165) is 41.1 Å². The van der Waals surface area contributed by atoms with Crippen molar-refractivity contribution in [2.45, 2.75) is 24.2 Å². The van der Waals surface area contributed by atoms with E-state index in [-0.39, 0.29) is 17.4 Å². The third kappa shape index (κ3) is 4.44. The Kier molecular flexibility index (Phi) is 5.78. The number of H-pyrrole nitrogens is 1. The van der Waals surface area contributed by atoms with Crippen molar-refractivity contribution >= 4 is 43.4 Å². The van der Waals surface area contributed by atoms with E-state index in [9.17, 15) is 13.2 Å². The summed E-state index contributed by atoms with van der Waals surface area (Å²) in [6, 6.07) is 20.1. The number of piperidine rings is 1. The van der Waals surface area contributed by atoms with Gasteiger partial charge in [0, 0.05) is 41.1 Å². The molecule has 1 amide bonds. The Balaban J connectivity index is 1.25. The molecule has 8 heteroatoms. The van der Waals surface area contributed by atoms with Gasteiger partial charge in [-0.2, -0.15) is 4.31 Å². The minimum absolute atomic E-state index is 0.186. The molecule has 33 heavy (non-hydrogen) atoms. The second-order valence-electron chi connectivity index (χ2n) is 8.21.